The topological polar surface area (TPSA) is 342 Å². The fraction of sp³-hybridized carbons (Fsp3) is 0.389. The van der Waals surface area contributed by atoms with Gasteiger partial charge in [0.1, 0.15) is 34.0 Å². The Balaban J connectivity index is 0.000000158. The number of nitrogens with two attached hydrogens (primary N) is 1. The highest BCUT2D eigenvalue weighted by Crippen LogP contribution is 2.44. The highest BCUT2D eigenvalue weighted by molar-refractivity contribution is 5.96. The molecule has 20 rings (SSSR count). The highest BCUT2D eigenvalue weighted by atomic mass is 19.1. The van der Waals surface area contributed by atoms with Gasteiger partial charge in [0.05, 0.1) is 62.8 Å². The lowest BCUT2D eigenvalue weighted by molar-refractivity contribution is -0.387. The van der Waals surface area contributed by atoms with Crippen molar-refractivity contribution in [3.05, 3.63) is 329 Å². The van der Waals surface area contributed by atoms with E-state index in [1.54, 1.807) is 30.5 Å². The number of para-hydroxylation sites is 1. The van der Waals surface area contributed by atoms with E-state index < -0.39 is 4.92 Å². The van der Waals surface area contributed by atoms with Gasteiger partial charge in [0.2, 0.25) is 0 Å². The second-order valence-corrected chi connectivity index (χ2v) is 49.9. The first-order valence-corrected chi connectivity index (χ1v) is 51.6. The fourth-order valence-electron chi connectivity index (χ4n) is 20.5. The Morgan fingerprint density at radius 2 is 0.773 bits per heavy atom. The summed E-state index contributed by atoms with van der Waals surface area (Å²) in [5.74, 6) is -0.0410. The number of benzene rings is 10. The number of fused-ring (bicyclic) bond motifs is 10. The Kier molecular flexibility index (Phi) is 34.6. The predicted molar refractivity (Wildman–Crippen MR) is 625 cm³/mol. The number of rotatable bonds is 3. The van der Waals surface area contributed by atoms with Crippen LogP contribution in [0.5, 0.6) is 5.75 Å². The standard InChI is InChI=1S/C14H19N3.C13H18N2O.2C13H18N2.C13H15NO.C13H17N.2C12H14FN.C12H15N3O2.C11H14N2/c1-8-6-7-10-11(12(8)14(3,4)5)13(9(2)15)17-16-10;1-8-5-6-9-11(10(7-16)15-14-9)12(8)13(2,3)4;2*1-8-6-7-10-11(9(2)14-15-10)12(8)13(3,4)5;1-13(2,3)11-8-10(15)7-9-5-4-6-14-12(9)11;1-9-6-5-7-11-12(9)10(8-14-11)13(2,3)4;1-12(2,3)8-7-14-10-6-4-5-9(13)11(8)10;1-12(2,3)9-7-14-11-8(9)5-4-6-10(11)13;1-7-5-6-8-9(10(7)12(2,3)4)11(14-13-8)15(16)17;1-11(2,3)9-5-4-6-10-8(9)7-12-13-10/h6-7H,2,15H2,1,3-5H3,(H,16,17);5-6,16H,7H2,1-4H3,(H,14,15);2*6-7H,1-5H3,(H,14,15);4-8,15H,1-3H3;5-8,14H,1-4H3;2*4-7,14H,1-3H3;5-6H,1-4H3,(H,13,14);4-7H,1-3H3,(H,12,13). The quantitative estimate of drug-likeness (QED) is 0.0580. The second kappa shape index (κ2) is 44.8. The third-order valence-corrected chi connectivity index (χ3v) is 26.9. The summed E-state index contributed by atoms with van der Waals surface area (Å²) in [6.07, 6.45) is 9.61. The number of nitrogens with one attached hydrogen (secondary N) is 9. The molecule has 0 bridgehead atoms. The van der Waals surface area contributed by atoms with Crippen molar-refractivity contribution >= 4 is 121 Å². The molecule has 0 aliphatic heterocycles. The third-order valence-electron chi connectivity index (χ3n) is 26.9. The SMILES string of the molecule is C=C(N)c1n[nH]c2ccc(C)c(C(C)(C)C)c12.CC(C)(C)c1c[nH]c2c(F)cccc12.CC(C)(C)c1c[nH]c2cccc(F)c12.CC(C)(C)c1cc(O)cc2cccnc12.CC(C)(C)c1cccc2[nH]ncc12.Cc1ccc2n[nH]c(C)c2c1C(C)(C)C.Cc1ccc2n[nH]c(C)c2c1C(C)(C)C.Cc1ccc2n[nH]c(CO)c2c1C(C)(C)C.Cc1ccc2n[nH]c([N+](=O)[O-])c2c1C(C)(C)C.Cc1cccc2[nH]cc(C(C)(C)C)c12. The molecule has 0 aliphatic carbocycles. The molecule has 10 aromatic carbocycles. The lowest BCUT2D eigenvalue weighted by atomic mass is 9.81. The van der Waals surface area contributed by atoms with Crippen molar-refractivity contribution in [2.75, 3.05) is 0 Å². The molecule has 24 heteroatoms. The van der Waals surface area contributed by atoms with E-state index in [2.05, 4.69) is 402 Å². The summed E-state index contributed by atoms with van der Waals surface area (Å²) < 4.78 is 26.9. The number of aliphatic hydroxyl groups excluding tert-OH is 1. The van der Waals surface area contributed by atoms with E-state index in [1.807, 2.05) is 94.8 Å². The first-order valence-electron chi connectivity index (χ1n) is 51.6. The molecule has 0 aliphatic rings. The lowest BCUT2D eigenvalue weighted by Crippen LogP contribution is -2.14. The van der Waals surface area contributed by atoms with E-state index in [0.717, 1.165) is 105 Å². The molecule has 10 aromatic heterocycles. The van der Waals surface area contributed by atoms with Crippen LogP contribution >= 0.6 is 0 Å². The maximum absolute atomic E-state index is 13.6. The number of phenolic OH excluding ortho intramolecular Hbond substituents is 1. The first kappa shape index (κ1) is 116. The molecule has 794 valence electrons. The van der Waals surface area contributed by atoms with Gasteiger partial charge in [0.15, 0.2) is 0 Å². The van der Waals surface area contributed by atoms with Crippen LogP contribution in [0.4, 0.5) is 14.6 Å². The maximum atomic E-state index is 13.6. The number of halogens is 2. The molecule has 10 heterocycles. The van der Waals surface area contributed by atoms with Gasteiger partial charge in [0.25, 0.3) is 0 Å². The predicted octanol–water partition coefficient (Wildman–Crippen LogP) is 32.9. The molecule has 0 radical (unpaired) electrons. The smallest absolute Gasteiger partial charge is 0.350 e. The van der Waals surface area contributed by atoms with Gasteiger partial charge >= 0.3 is 5.82 Å². The number of phenols is 1. The van der Waals surface area contributed by atoms with Crippen molar-refractivity contribution in [2.45, 2.75) is 324 Å². The van der Waals surface area contributed by atoms with Gasteiger partial charge in [-0.1, -0.05) is 298 Å². The summed E-state index contributed by atoms with van der Waals surface area (Å²) in [4.78, 5) is 24.4. The molecule has 0 saturated carbocycles. The van der Waals surface area contributed by atoms with Crippen LogP contribution in [0.15, 0.2) is 195 Å². The minimum Gasteiger partial charge on any atom is -0.508 e. The van der Waals surface area contributed by atoms with Crippen molar-refractivity contribution in [3.63, 3.8) is 0 Å². The molecule has 0 fully saturated rings. The number of aromatic hydroxyl groups is 1. The van der Waals surface area contributed by atoms with Crippen LogP contribution in [0.25, 0.3) is 115 Å². The number of pyridine rings is 1. The van der Waals surface area contributed by atoms with Gasteiger partial charge in [-0.15, -0.1) is 5.10 Å². The summed E-state index contributed by atoms with van der Waals surface area (Å²) >= 11 is 0. The average Bonchev–Trinajstić information content (AvgIpc) is 1.59. The minimum atomic E-state index is -0.413. The van der Waals surface area contributed by atoms with Crippen LogP contribution in [0.3, 0.4) is 0 Å². The van der Waals surface area contributed by atoms with Gasteiger partial charge in [0, 0.05) is 95.7 Å². The number of aromatic amines is 9. The molecule has 150 heavy (non-hydrogen) atoms. The van der Waals surface area contributed by atoms with Crippen molar-refractivity contribution in [2.24, 2.45) is 5.73 Å². The van der Waals surface area contributed by atoms with Crippen molar-refractivity contribution in [3.8, 4) is 5.75 Å². The Hall–Kier alpha value is -14.4. The van der Waals surface area contributed by atoms with Crippen molar-refractivity contribution in [1.82, 2.24) is 81.1 Å². The van der Waals surface area contributed by atoms with E-state index in [1.165, 1.54) is 112 Å². The highest BCUT2D eigenvalue weighted by Gasteiger charge is 2.32. The Morgan fingerprint density at radius 1 is 0.367 bits per heavy atom. The van der Waals surface area contributed by atoms with Gasteiger partial charge in [-0.25, -0.2) is 8.78 Å². The summed E-state index contributed by atoms with van der Waals surface area (Å²) in [5, 5.41) is 83.4. The fourth-order valence-corrected chi connectivity index (χ4v) is 20.5. The Morgan fingerprint density at radius 3 is 1.25 bits per heavy atom. The number of hydrogen-bond acceptors (Lipinski definition) is 12. The van der Waals surface area contributed by atoms with Crippen molar-refractivity contribution in [1.29, 1.82) is 0 Å². The minimum absolute atomic E-state index is 0.00301. The number of aromatic nitrogens is 16. The van der Waals surface area contributed by atoms with Crippen LogP contribution in [0, 0.1) is 77.1 Å². The Bertz CT molecular complexity index is 7890. The summed E-state index contributed by atoms with van der Waals surface area (Å²) in [6.45, 7) is 85.9. The molecule has 0 unspecified atom stereocenters. The molecule has 20 aromatic rings. The number of nitro groups is 1. The average molecular weight is 2030 g/mol. The Labute approximate surface area is 884 Å². The molecule has 22 nitrogen and oxygen atoms in total. The number of nitrogens with zero attached hydrogens (tertiary/aromatic N) is 8. The number of aryl methyl sites for hydroxylation is 8. The summed E-state index contributed by atoms with van der Waals surface area (Å²) in [7, 11) is 0. The summed E-state index contributed by atoms with van der Waals surface area (Å²) in [5.41, 5.74) is 40.5. The normalized spacial score (nSPS) is 12.2. The van der Waals surface area contributed by atoms with Gasteiger partial charge in [-0.2, -0.15) is 25.5 Å². The zero-order valence-electron chi connectivity index (χ0n) is 95.9. The molecular formula is C126H162F2N18O4. The van der Waals surface area contributed by atoms with Crippen LogP contribution in [-0.2, 0) is 60.8 Å². The molecule has 13 N–H and O–H groups in total. The van der Waals surface area contributed by atoms with Crippen LogP contribution in [0.1, 0.15) is 320 Å². The number of hydrogen-bond donors (Lipinski definition) is 12. The molecule has 0 amide bonds. The van der Waals surface area contributed by atoms with Gasteiger partial charge in [-0.3, -0.25) is 30.5 Å². The monoisotopic (exact) mass is 2030 g/mol. The van der Waals surface area contributed by atoms with E-state index in [9.17, 15) is 29.1 Å². The van der Waals surface area contributed by atoms with Gasteiger partial charge in [-0.05, 0) is 282 Å². The van der Waals surface area contributed by atoms with Crippen LogP contribution in [0.2, 0.25) is 0 Å². The molecule has 0 saturated heterocycles. The maximum Gasteiger partial charge on any atom is 0.350 e. The van der Waals surface area contributed by atoms with Crippen molar-refractivity contribution < 1.29 is 23.9 Å². The molecular weight excluding hydrogens is 1870 g/mol. The zero-order chi connectivity index (χ0) is 111. The number of H-pyrrole nitrogens is 9. The summed E-state index contributed by atoms with van der Waals surface area (Å²) in [6, 6.07) is 50.9. The van der Waals surface area contributed by atoms with Crippen LogP contribution < -0.4 is 5.73 Å². The zero-order valence-corrected chi connectivity index (χ0v) is 95.9. The first-order chi connectivity index (χ1) is 69.5. The van der Waals surface area contributed by atoms with E-state index in [0.29, 0.717) is 27.9 Å². The van der Waals surface area contributed by atoms with E-state index in [-0.39, 0.29) is 78.2 Å². The van der Waals surface area contributed by atoms with Crippen LogP contribution in [-0.4, -0.2) is 96.3 Å². The van der Waals surface area contributed by atoms with E-state index >= 15 is 0 Å². The second-order valence-electron chi connectivity index (χ2n) is 49.9. The lowest BCUT2D eigenvalue weighted by Gasteiger charge is -2.23. The molecule has 0 spiro atoms. The number of aliphatic hydroxyl groups is 1. The van der Waals surface area contributed by atoms with Gasteiger partial charge < -0.3 is 41.0 Å². The third kappa shape index (κ3) is 26.5. The largest absolute Gasteiger partial charge is 0.508 e. The molecule has 0 atom stereocenters. The van der Waals surface area contributed by atoms with E-state index in [4.69, 9.17) is 5.73 Å².